The van der Waals surface area contributed by atoms with Crippen LogP contribution in [0.4, 0.5) is 0 Å². The van der Waals surface area contributed by atoms with Gasteiger partial charge >= 0.3 is 0 Å². The van der Waals surface area contributed by atoms with Crippen LogP contribution in [0, 0.1) is 13.8 Å². The van der Waals surface area contributed by atoms with Crippen molar-refractivity contribution in [3.63, 3.8) is 0 Å². The van der Waals surface area contributed by atoms with Crippen LogP contribution in [0.25, 0.3) is 0 Å². The fourth-order valence-electron chi connectivity index (χ4n) is 2.02. The third-order valence-electron chi connectivity index (χ3n) is 3.44. The van der Waals surface area contributed by atoms with E-state index in [1.807, 2.05) is 13.8 Å². The van der Waals surface area contributed by atoms with Crippen LogP contribution in [-0.4, -0.2) is 23.4 Å². The lowest BCUT2D eigenvalue weighted by molar-refractivity contribution is -0.116. The highest BCUT2D eigenvalue weighted by Crippen LogP contribution is 2.17. The Bertz CT molecular complexity index is 670. The molecule has 0 aliphatic carbocycles. The fraction of sp³-hybridized carbons (Fsp3) is 0.353. The largest absolute Gasteiger partial charge is 0.489 e. The van der Waals surface area contributed by atoms with E-state index < -0.39 is 0 Å². The lowest BCUT2D eigenvalue weighted by Gasteiger charge is -2.07. The van der Waals surface area contributed by atoms with Crippen molar-refractivity contribution in [3.8, 4) is 5.75 Å². The molecule has 2 aromatic rings. The van der Waals surface area contributed by atoms with Gasteiger partial charge in [-0.3, -0.25) is 9.59 Å². The Morgan fingerprint density at radius 2 is 1.91 bits per heavy atom. The number of benzene rings is 1. The molecule has 0 atom stereocenters. The van der Waals surface area contributed by atoms with Gasteiger partial charge in [-0.25, -0.2) is 0 Å². The molecule has 0 radical (unpaired) electrons. The zero-order valence-corrected chi connectivity index (χ0v) is 13.5. The molecule has 0 saturated carbocycles. The zero-order valence-electron chi connectivity index (χ0n) is 13.5. The molecule has 6 heteroatoms. The highest BCUT2D eigenvalue weighted by Gasteiger charge is 2.10. The van der Waals surface area contributed by atoms with Crippen LogP contribution in [0.3, 0.4) is 0 Å². The first-order valence-electron chi connectivity index (χ1n) is 7.39. The van der Waals surface area contributed by atoms with Crippen molar-refractivity contribution in [2.45, 2.75) is 33.8 Å². The van der Waals surface area contributed by atoms with Gasteiger partial charge in [-0.15, -0.1) is 0 Å². The van der Waals surface area contributed by atoms with E-state index in [9.17, 15) is 9.59 Å². The number of ketones is 1. The first-order valence-corrected chi connectivity index (χ1v) is 7.39. The summed E-state index contributed by atoms with van der Waals surface area (Å²) in [5.41, 5.74) is 2.26. The molecule has 1 aromatic heterocycles. The number of nitrogens with zero attached hydrogens (tertiary/aromatic N) is 1. The normalized spacial score (nSPS) is 10.4. The maximum Gasteiger partial charge on any atom is 0.251 e. The molecule has 122 valence electrons. The predicted molar refractivity (Wildman–Crippen MR) is 84.4 cm³/mol. The average molecular weight is 316 g/mol. The highest BCUT2D eigenvalue weighted by atomic mass is 16.5. The summed E-state index contributed by atoms with van der Waals surface area (Å²) in [6.45, 7) is 5.91. The molecule has 1 heterocycles. The summed E-state index contributed by atoms with van der Waals surface area (Å²) in [6, 6.07) is 6.84. The van der Waals surface area contributed by atoms with Crippen LogP contribution in [0.5, 0.6) is 5.75 Å². The number of carbonyl (C=O) groups excluding carboxylic acids is 2. The molecular formula is C17H20N2O4. The topological polar surface area (TPSA) is 81.4 Å². The standard InChI is InChI=1S/C17H20N2O4/c1-11(20)8-9-18-17(21)14-4-6-15(7-5-14)22-10-16-12(2)19-23-13(16)3/h4-7H,8-10H2,1-3H3,(H,18,21). The Kier molecular flexibility index (Phi) is 5.51. The average Bonchev–Trinajstić information content (AvgIpc) is 2.84. The van der Waals surface area contributed by atoms with Crippen molar-refractivity contribution < 1.29 is 18.8 Å². The van der Waals surface area contributed by atoms with Gasteiger partial charge in [0.05, 0.1) is 11.3 Å². The number of rotatable bonds is 7. The van der Waals surface area contributed by atoms with Crippen LogP contribution in [0.2, 0.25) is 0 Å². The second-order valence-corrected chi connectivity index (χ2v) is 5.32. The lowest BCUT2D eigenvalue weighted by Crippen LogP contribution is -2.25. The maximum absolute atomic E-state index is 11.9. The number of hydrogen-bond donors (Lipinski definition) is 1. The molecule has 0 unspecified atom stereocenters. The summed E-state index contributed by atoms with van der Waals surface area (Å²) in [4.78, 5) is 22.7. The molecule has 2 rings (SSSR count). The Hall–Kier alpha value is -2.63. The zero-order chi connectivity index (χ0) is 16.8. The molecule has 0 saturated heterocycles. The van der Waals surface area contributed by atoms with Crippen LogP contribution < -0.4 is 10.1 Å². The summed E-state index contributed by atoms with van der Waals surface area (Å²) in [7, 11) is 0. The number of amides is 1. The minimum absolute atomic E-state index is 0.0494. The van der Waals surface area contributed by atoms with Crippen molar-refractivity contribution in [3.05, 3.63) is 46.8 Å². The summed E-state index contributed by atoms with van der Waals surface area (Å²) in [6.07, 6.45) is 0.338. The van der Waals surface area contributed by atoms with Crippen molar-refractivity contribution in [2.24, 2.45) is 0 Å². The first kappa shape index (κ1) is 16.7. The first-order chi connectivity index (χ1) is 11.0. The van der Waals surface area contributed by atoms with Crippen LogP contribution in [0.15, 0.2) is 28.8 Å². The summed E-state index contributed by atoms with van der Waals surface area (Å²) in [5, 5.41) is 6.57. The molecule has 23 heavy (non-hydrogen) atoms. The molecule has 0 bridgehead atoms. The van der Waals surface area contributed by atoms with Gasteiger partial charge < -0.3 is 14.6 Å². The Balaban J connectivity index is 1.89. The monoisotopic (exact) mass is 316 g/mol. The number of aryl methyl sites for hydroxylation is 2. The molecule has 0 aliphatic heterocycles. The number of carbonyl (C=O) groups is 2. The molecule has 1 aromatic carbocycles. The maximum atomic E-state index is 11.9. The van der Waals surface area contributed by atoms with Gasteiger partial charge in [0.15, 0.2) is 0 Å². The number of Topliss-reactive ketones (excluding diaryl/α,β-unsaturated/α-hetero) is 1. The summed E-state index contributed by atoms with van der Waals surface area (Å²) >= 11 is 0. The number of hydrogen-bond acceptors (Lipinski definition) is 5. The Morgan fingerprint density at radius 3 is 2.48 bits per heavy atom. The molecular weight excluding hydrogens is 296 g/mol. The quantitative estimate of drug-likeness (QED) is 0.849. The van der Waals surface area contributed by atoms with E-state index in [0.717, 1.165) is 17.0 Å². The molecule has 1 amide bonds. The Morgan fingerprint density at radius 1 is 1.22 bits per heavy atom. The third kappa shape index (κ3) is 4.67. The molecule has 1 N–H and O–H groups in total. The van der Waals surface area contributed by atoms with Gasteiger partial charge in [-0.05, 0) is 45.0 Å². The van der Waals surface area contributed by atoms with E-state index in [2.05, 4.69) is 10.5 Å². The van der Waals surface area contributed by atoms with E-state index in [0.29, 0.717) is 30.9 Å². The number of aromatic nitrogens is 1. The van der Waals surface area contributed by atoms with Crippen LogP contribution in [-0.2, 0) is 11.4 Å². The van der Waals surface area contributed by atoms with Gasteiger partial charge in [-0.1, -0.05) is 5.16 Å². The van der Waals surface area contributed by atoms with Gasteiger partial charge in [0, 0.05) is 18.5 Å². The second kappa shape index (κ2) is 7.58. The van der Waals surface area contributed by atoms with E-state index >= 15 is 0 Å². The molecule has 0 fully saturated rings. The van der Waals surface area contributed by atoms with Gasteiger partial charge in [-0.2, -0.15) is 0 Å². The molecule has 6 nitrogen and oxygen atoms in total. The van der Waals surface area contributed by atoms with Crippen molar-refractivity contribution in [2.75, 3.05) is 6.54 Å². The van der Waals surface area contributed by atoms with Crippen molar-refractivity contribution in [1.82, 2.24) is 10.5 Å². The third-order valence-corrected chi connectivity index (χ3v) is 3.44. The van der Waals surface area contributed by atoms with Crippen molar-refractivity contribution >= 4 is 11.7 Å². The SMILES string of the molecule is CC(=O)CCNC(=O)c1ccc(OCc2c(C)noc2C)cc1. The van der Waals surface area contributed by atoms with Crippen LogP contribution >= 0.6 is 0 Å². The molecule has 0 aliphatic rings. The van der Waals surface area contributed by atoms with E-state index in [4.69, 9.17) is 9.26 Å². The van der Waals surface area contributed by atoms with E-state index in [-0.39, 0.29) is 11.7 Å². The highest BCUT2D eigenvalue weighted by molar-refractivity contribution is 5.94. The minimum Gasteiger partial charge on any atom is -0.489 e. The Labute approximate surface area is 134 Å². The minimum atomic E-state index is -0.205. The van der Waals surface area contributed by atoms with Crippen molar-refractivity contribution in [1.29, 1.82) is 0 Å². The van der Waals surface area contributed by atoms with E-state index in [1.165, 1.54) is 6.92 Å². The number of nitrogens with one attached hydrogen (secondary N) is 1. The van der Waals surface area contributed by atoms with Gasteiger partial charge in [0.1, 0.15) is 23.9 Å². The lowest BCUT2D eigenvalue weighted by atomic mass is 10.2. The smallest absolute Gasteiger partial charge is 0.251 e. The summed E-state index contributed by atoms with van der Waals surface area (Å²) < 4.78 is 10.8. The van der Waals surface area contributed by atoms with E-state index in [1.54, 1.807) is 24.3 Å². The van der Waals surface area contributed by atoms with Gasteiger partial charge in [0.25, 0.3) is 5.91 Å². The molecule has 0 spiro atoms. The predicted octanol–water partition coefficient (Wildman–Crippen LogP) is 2.58. The fourth-order valence-corrected chi connectivity index (χ4v) is 2.02. The van der Waals surface area contributed by atoms with Gasteiger partial charge in [0.2, 0.25) is 0 Å². The van der Waals surface area contributed by atoms with Crippen LogP contribution in [0.1, 0.15) is 40.7 Å². The second-order valence-electron chi connectivity index (χ2n) is 5.32. The summed E-state index contributed by atoms with van der Waals surface area (Å²) in [5.74, 6) is 1.24. The number of ether oxygens (including phenoxy) is 1.